The molecule has 0 N–H and O–H groups in total. The highest BCUT2D eigenvalue weighted by Crippen LogP contribution is 2.21. The van der Waals surface area contributed by atoms with E-state index in [-0.39, 0.29) is 23.9 Å². The van der Waals surface area contributed by atoms with E-state index in [2.05, 4.69) is 22.0 Å². The zero-order chi connectivity index (χ0) is 20.5. The molecular weight excluding hydrogens is 430 g/mol. The number of carbonyl (C=O) groups excluding carboxylic acids is 1. The van der Waals surface area contributed by atoms with E-state index in [9.17, 15) is 9.59 Å². The summed E-state index contributed by atoms with van der Waals surface area (Å²) < 4.78 is 9.97. The first-order valence-corrected chi connectivity index (χ1v) is 11.6. The van der Waals surface area contributed by atoms with E-state index in [4.69, 9.17) is 17.0 Å². The van der Waals surface area contributed by atoms with Gasteiger partial charge in [-0.15, -0.1) is 21.5 Å². The van der Waals surface area contributed by atoms with Crippen molar-refractivity contribution >= 4 is 61.6 Å². The third-order valence-electron chi connectivity index (χ3n) is 5.11. The summed E-state index contributed by atoms with van der Waals surface area (Å²) in [6.07, 6.45) is 2.26. The zero-order valence-electron chi connectivity index (χ0n) is 16.2. The average molecular weight is 452 g/mol. The fourth-order valence-corrected chi connectivity index (χ4v) is 5.24. The molecule has 3 aromatic heterocycles. The maximum absolute atomic E-state index is 12.4. The molecule has 0 aromatic carbocycles. The maximum atomic E-state index is 12.4. The van der Waals surface area contributed by atoms with Gasteiger partial charge in [0.25, 0.3) is 5.56 Å². The fraction of sp³-hybridized carbons (Fsp3) is 0.500. The van der Waals surface area contributed by atoms with Crippen LogP contribution in [0.1, 0.15) is 25.6 Å². The number of aryl methyl sites for hydroxylation is 1. The third kappa shape index (κ3) is 4.03. The van der Waals surface area contributed by atoms with Gasteiger partial charge in [0.05, 0.1) is 11.3 Å². The summed E-state index contributed by atoms with van der Waals surface area (Å²) in [5, 5.41) is 10.0. The van der Waals surface area contributed by atoms with Crippen LogP contribution in [0.5, 0.6) is 0 Å². The summed E-state index contributed by atoms with van der Waals surface area (Å²) in [7, 11) is 1.65. The Balaban J connectivity index is 1.39. The molecule has 0 unspecified atom stereocenters. The Morgan fingerprint density at radius 2 is 2.14 bits per heavy atom. The van der Waals surface area contributed by atoms with Crippen LogP contribution >= 0.6 is 35.3 Å². The van der Waals surface area contributed by atoms with E-state index >= 15 is 0 Å². The molecule has 0 saturated carbocycles. The van der Waals surface area contributed by atoms with Crippen LogP contribution in [0.2, 0.25) is 0 Å². The van der Waals surface area contributed by atoms with Crippen LogP contribution in [-0.2, 0) is 23.2 Å². The van der Waals surface area contributed by atoms with Gasteiger partial charge in [-0.2, -0.15) is 0 Å². The number of carbonyl (C=O) groups is 1. The number of likely N-dealkylation sites (tertiary alicyclic amines) is 1. The lowest BCUT2D eigenvalue weighted by atomic mass is 10.00. The summed E-state index contributed by atoms with van der Waals surface area (Å²) in [4.78, 5) is 26.7. The Morgan fingerprint density at radius 3 is 2.90 bits per heavy atom. The quantitative estimate of drug-likeness (QED) is 0.442. The minimum Gasteiger partial charge on any atom is -0.457 e. The molecule has 11 heteroatoms. The molecule has 1 saturated heterocycles. The molecule has 8 nitrogen and oxygen atoms in total. The van der Waals surface area contributed by atoms with Crippen molar-refractivity contribution in [2.24, 2.45) is 13.0 Å². The molecule has 0 atom stereocenters. The second-order valence-corrected chi connectivity index (χ2v) is 9.66. The van der Waals surface area contributed by atoms with Gasteiger partial charge in [-0.05, 0) is 30.2 Å². The van der Waals surface area contributed by atoms with E-state index in [1.807, 2.05) is 11.4 Å². The molecule has 0 bridgehead atoms. The lowest BCUT2D eigenvalue weighted by molar-refractivity contribution is -0.141. The SMILES string of the molecule is CC1CCN(C(=S)SCC(=O)OCc2nnc3n(C)c(=O)c4sccc4n23)CC1. The van der Waals surface area contributed by atoms with Crippen molar-refractivity contribution < 1.29 is 9.53 Å². The number of piperidine rings is 1. The van der Waals surface area contributed by atoms with Gasteiger partial charge in [-0.3, -0.25) is 18.6 Å². The summed E-state index contributed by atoms with van der Waals surface area (Å²) in [5.41, 5.74) is 0.606. The van der Waals surface area contributed by atoms with Gasteiger partial charge in [-0.25, -0.2) is 0 Å². The molecule has 0 radical (unpaired) electrons. The maximum Gasteiger partial charge on any atom is 0.316 e. The van der Waals surface area contributed by atoms with E-state index in [0.29, 0.717) is 16.3 Å². The number of fused-ring (bicyclic) bond motifs is 3. The molecule has 154 valence electrons. The van der Waals surface area contributed by atoms with Crippen LogP contribution in [0.25, 0.3) is 16.0 Å². The van der Waals surface area contributed by atoms with Crippen molar-refractivity contribution in [3.63, 3.8) is 0 Å². The summed E-state index contributed by atoms with van der Waals surface area (Å²) >= 11 is 8.15. The van der Waals surface area contributed by atoms with Crippen molar-refractivity contribution in [2.45, 2.75) is 26.4 Å². The minimum absolute atomic E-state index is 0.0162. The second kappa shape index (κ2) is 8.41. The highest BCUT2D eigenvalue weighted by molar-refractivity contribution is 8.23. The van der Waals surface area contributed by atoms with E-state index < -0.39 is 0 Å². The molecule has 4 rings (SSSR count). The topological polar surface area (TPSA) is 81.7 Å². The van der Waals surface area contributed by atoms with E-state index in [1.54, 1.807) is 11.4 Å². The van der Waals surface area contributed by atoms with Gasteiger partial charge in [0, 0.05) is 20.1 Å². The molecule has 29 heavy (non-hydrogen) atoms. The van der Waals surface area contributed by atoms with Crippen molar-refractivity contribution in [1.82, 2.24) is 24.1 Å². The number of rotatable bonds is 4. The lowest BCUT2D eigenvalue weighted by Gasteiger charge is -2.31. The van der Waals surface area contributed by atoms with E-state index in [0.717, 1.165) is 41.7 Å². The Bertz CT molecular complexity index is 1130. The first-order valence-electron chi connectivity index (χ1n) is 9.33. The van der Waals surface area contributed by atoms with Crippen LogP contribution in [0.4, 0.5) is 0 Å². The number of aromatic nitrogens is 4. The first-order chi connectivity index (χ1) is 14.0. The van der Waals surface area contributed by atoms with Crippen LogP contribution in [0.15, 0.2) is 16.2 Å². The van der Waals surface area contributed by atoms with Crippen LogP contribution in [0, 0.1) is 5.92 Å². The number of nitrogens with zero attached hydrogens (tertiary/aromatic N) is 5. The minimum atomic E-state index is -0.356. The second-order valence-electron chi connectivity index (χ2n) is 7.14. The molecule has 1 aliphatic rings. The molecule has 0 amide bonds. The predicted molar refractivity (Wildman–Crippen MR) is 118 cm³/mol. The number of ether oxygens (including phenoxy) is 1. The van der Waals surface area contributed by atoms with Gasteiger partial charge in [0.15, 0.2) is 12.4 Å². The normalized spacial score (nSPS) is 15.3. The van der Waals surface area contributed by atoms with Gasteiger partial charge in [0.1, 0.15) is 9.02 Å². The van der Waals surface area contributed by atoms with Crippen molar-refractivity contribution in [1.29, 1.82) is 0 Å². The molecular formula is C18H21N5O3S3. The van der Waals surface area contributed by atoms with Gasteiger partial charge in [-0.1, -0.05) is 30.9 Å². The van der Waals surface area contributed by atoms with Crippen LogP contribution in [0.3, 0.4) is 0 Å². The number of hydrogen-bond acceptors (Lipinski definition) is 8. The number of thioether (sulfide) groups is 1. The lowest BCUT2D eigenvalue weighted by Crippen LogP contribution is -2.35. The standard InChI is InChI=1S/C18H21N5O3S3/c1-11-3-6-22(7-4-11)18(27)29-10-14(24)26-9-13-19-20-17-21(2)16(25)15-12(23(13)17)5-8-28-15/h5,8,11H,3-4,6-7,9-10H2,1-2H3. The molecule has 1 aliphatic heterocycles. The number of hydrogen-bond donors (Lipinski definition) is 0. The van der Waals surface area contributed by atoms with Gasteiger partial charge >= 0.3 is 5.97 Å². The third-order valence-corrected chi connectivity index (χ3v) is 7.50. The smallest absolute Gasteiger partial charge is 0.316 e. The molecule has 0 spiro atoms. The Morgan fingerprint density at radius 1 is 1.38 bits per heavy atom. The first kappa shape index (κ1) is 20.3. The number of thiocarbonyl (C=S) groups is 1. The van der Waals surface area contributed by atoms with E-state index in [1.165, 1.54) is 27.7 Å². The highest BCUT2D eigenvalue weighted by Gasteiger charge is 2.20. The molecule has 0 aliphatic carbocycles. The molecule has 1 fully saturated rings. The monoisotopic (exact) mass is 451 g/mol. The summed E-state index contributed by atoms with van der Waals surface area (Å²) in [5.74, 6) is 1.43. The zero-order valence-corrected chi connectivity index (χ0v) is 18.6. The Kier molecular flexibility index (Phi) is 5.88. The average Bonchev–Trinajstić information content (AvgIpc) is 3.36. The van der Waals surface area contributed by atoms with Gasteiger partial charge in [0.2, 0.25) is 5.78 Å². The van der Waals surface area contributed by atoms with Crippen molar-refractivity contribution in [3.8, 4) is 0 Å². The molecule has 3 aromatic rings. The van der Waals surface area contributed by atoms with Gasteiger partial charge < -0.3 is 9.64 Å². The molecule has 4 heterocycles. The summed E-state index contributed by atoms with van der Waals surface area (Å²) in [6, 6.07) is 1.84. The number of esters is 1. The van der Waals surface area contributed by atoms with Crippen LogP contribution in [-0.4, -0.2) is 53.2 Å². The number of thiophene rings is 1. The fourth-order valence-electron chi connectivity index (χ4n) is 3.34. The van der Waals surface area contributed by atoms with Crippen LogP contribution < -0.4 is 5.56 Å². The Hall–Kier alpha value is -1.98. The highest BCUT2D eigenvalue weighted by atomic mass is 32.2. The van der Waals surface area contributed by atoms with Crippen molar-refractivity contribution in [2.75, 3.05) is 18.8 Å². The van der Waals surface area contributed by atoms with Crippen molar-refractivity contribution in [3.05, 3.63) is 27.6 Å². The largest absolute Gasteiger partial charge is 0.457 e. The Labute approximate surface area is 180 Å². The predicted octanol–water partition coefficient (Wildman–Crippen LogP) is 2.44. The summed E-state index contributed by atoms with van der Waals surface area (Å²) in [6.45, 7) is 4.13.